The van der Waals surface area contributed by atoms with Gasteiger partial charge in [0.25, 0.3) is 5.91 Å². The Morgan fingerprint density at radius 1 is 1.20 bits per heavy atom. The monoisotopic (exact) mass is 370 g/mol. The zero-order chi connectivity index (χ0) is 18.3. The molecule has 1 aromatic rings. The minimum absolute atomic E-state index is 0. The van der Waals surface area contributed by atoms with Gasteiger partial charge in [0.15, 0.2) is 0 Å². The van der Waals surface area contributed by atoms with Crippen molar-refractivity contribution in [1.29, 1.82) is 0 Å². The number of hydrogen-bond acceptors (Lipinski definition) is 3. The van der Waals surface area contributed by atoms with E-state index in [1.165, 1.54) is 0 Å². The van der Waals surface area contributed by atoms with Gasteiger partial charge in [-0.05, 0) is 44.4 Å². The molecule has 0 spiro atoms. The van der Waals surface area contributed by atoms with Crippen LogP contribution >= 0.6 is 12.4 Å². The summed E-state index contributed by atoms with van der Waals surface area (Å²) < 4.78 is 0. The highest BCUT2D eigenvalue weighted by Gasteiger charge is 2.15. The van der Waals surface area contributed by atoms with Crippen LogP contribution in [0, 0.1) is 5.92 Å². The first-order valence-electron chi connectivity index (χ1n) is 8.39. The third kappa shape index (κ3) is 8.23. The highest BCUT2D eigenvalue weighted by molar-refractivity contribution is 5.96. The van der Waals surface area contributed by atoms with E-state index in [0.29, 0.717) is 23.7 Å². The number of hydrogen-bond donors (Lipinski definition) is 3. The lowest BCUT2D eigenvalue weighted by atomic mass is 10.0. The lowest BCUT2D eigenvalue weighted by Gasteiger charge is -2.22. The molecule has 1 unspecified atom stereocenters. The zero-order valence-electron chi connectivity index (χ0n) is 15.7. The number of benzene rings is 1. The lowest BCUT2D eigenvalue weighted by Crippen LogP contribution is -2.35. The molecule has 1 atom stereocenters. The second-order valence-corrected chi connectivity index (χ2v) is 6.76. The SMILES string of the molecule is CC(C)NC(=O)Nc1cccc(C(=O)N(C)CCC(N)C(C)C)c1.Cl. The molecule has 3 amide bonds. The topological polar surface area (TPSA) is 87.5 Å². The van der Waals surface area contributed by atoms with Gasteiger partial charge in [0.1, 0.15) is 0 Å². The van der Waals surface area contributed by atoms with E-state index in [1.54, 1.807) is 36.2 Å². The third-order valence-electron chi connectivity index (χ3n) is 3.79. The number of nitrogens with one attached hydrogen (secondary N) is 2. The molecule has 0 radical (unpaired) electrons. The summed E-state index contributed by atoms with van der Waals surface area (Å²) in [6.45, 7) is 8.52. The Balaban J connectivity index is 0.00000576. The van der Waals surface area contributed by atoms with Gasteiger partial charge in [0, 0.05) is 36.9 Å². The van der Waals surface area contributed by atoms with Gasteiger partial charge in [0.2, 0.25) is 0 Å². The highest BCUT2D eigenvalue weighted by Crippen LogP contribution is 2.13. The summed E-state index contributed by atoms with van der Waals surface area (Å²) in [5.74, 6) is 0.305. The van der Waals surface area contributed by atoms with Crippen LogP contribution in [0.2, 0.25) is 0 Å². The predicted octanol–water partition coefficient (Wildman–Crippen LogP) is 3.08. The molecular formula is C18H31ClN4O2. The van der Waals surface area contributed by atoms with E-state index in [1.807, 2.05) is 13.8 Å². The van der Waals surface area contributed by atoms with Crippen molar-refractivity contribution in [3.05, 3.63) is 29.8 Å². The molecule has 1 aromatic carbocycles. The van der Waals surface area contributed by atoms with E-state index >= 15 is 0 Å². The number of urea groups is 1. The van der Waals surface area contributed by atoms with Crippen LogP contribution in [-0.4, -0.2) is 42.5 Å². The quantitative estimate of drug-likeness (QED) is 0.689. The first-order valence-corrected chi connectivity index (χ1v) is 8.39. The van der Waals surface area contributed by atoms with Gasteiger partial charge in [-0.25, -0.2) is 4.79 Å². The molecule has 0 aliphatic heterocycles. The molecule has 0 saturated carbocycles. The molecule has 0 aliphatic rings. The van der Waals surface area contributed by atoms with Crippen molar-refractivity contribution < 1.29 is 9.59 Å². The average Bonchev–Trinajstić information content (AvgIpc) is 2.50. The van der Waals surface area contributed by atoms with Gasteiger partial charge < -0.3 is 21.3 Å². The molecule has 1 rings (SSSR count). The molecule has 0 heterocycles. The van der Waals surface area contributed by atoms with E-state index < -0.39 is 0 Å². The number of nitrogens with zero attached hydrogens (tertiary/aromatic N) is 1. The molecule has 6 nitrogen and oxygen atoms in total. The zero-order valence-corrected chi connectivity index (χ0v) is 16.5. The van der Waals surface area contributed by atoms with E-state index in [2.05, 4.69) is 24.5 Å². The molecule has 7 heteroatoms. The first-order chi connectivity index (χ1) is 11.2. The van der Waals surface area contributed by atoms with E-state index in [0.717, 1.165) is 6.42 Å². The maximum absolute atomic E-state index is 12.5. The van der Waals surface area contributed by atoms with Crippen molar-refractivity contribution >= 4 is 30.0 Å². The maximum atomic E-state index is 12.5. The standard InChI is InChI=1S/C18H30N4O2.ClH/c1-12(2)16(19)9-10-22(5)17(23)14-7-6-8-15(11-14)21-18(24)20-13(3)4;/h6-8,11-13,16H,9-10,19H2,1-5H3,(H2,20,21,24);1H. The van der Waals surface area contributed by atoms with Crippen LogP contribution in [-0.2, 0) is 0 Å². The number of anilines is 1. The molecule has 4 N–H and O–H groups in total. The second-order valence-electron chi connectivity index (χ2n) is 6.76. The van der Waals surface area contributed by atoms with Gasteiger partial charge >= 0.3 is 6.03 Å². The fourth-order valence-corrected chi connectivity index (χ4v) is 2.16. The number of carbonyl (C=O) groups is 2. The fraction of sp³-hybridized carbons (Fsp3) is 0.556. The number of rotatable bonds is 7. The second kappa shape index (κ2) is 10.9. The van der Waals surface area contributed by atoms with Crippen molar-refractivity contribution in [2.24, 2.45) is 11.7 Å². The summed E-state index contributed by atoms with van der Waals surface area (Å²) in [6.07, 6.45) is 0.759. The minimum Gasteiger partial charge on any atom is -0.342 e. The molecule has 0 aliphatic carbocycles. The van der Waals surface area contributed by atoms with Gasteiger partial charge in [-0.2, -0.15) is 0 Å². The average molecular weight is 371 g/mol. The van der Waals surface area contributed by atoms with Crippen LogP contribution < -0.4 is 16.4 Å². The molecule has 142 valence electrons. The molecule has 0 bridgehead atoms. The van der Waals surface area contributed by atoms with Crippen LogP contribution in [0.25, 0.3) is 0 Å². The number of carbonyl (C=O) groups excluding carboxylic acids is 2. The Labute approximate surface area is 156 Å². The van der Waals surface area contributed by atoms with Crippen molar-refractivity contribution in [3.63, 3.8) is 0 Å². The third-order valence-corrected chi connectivity index (χ3v) is 3.79. The summed E-state index contributed by atoms with van der Waals surface area (Å²) >= 11 is 0. The lowest BCUT2D eigenvalue weighted by molar-refractivity contribution is 0.0789. The molecular weight excluding hydrogens is 340 g/mol. The normalized spacial score (nSPS) is 11.7. The predicted molar refractivity (Wildman–Crippen MR) is 105 cm³/mol. The largest absolute Gasteiger partial charge is 0.342 e. The van der Waals surface area contributed by atoms with E-state index in [-0.39, 0.29) is 36.4 Å². The molecule has 0 fully saturated rings. The van der Waals surface area contributed by atoms with Crippen LogP contribution in [0.3, 0.4) is 0 Å². The van der Waals surface area contributed by atoms with Crippen LogP contribution in [0.5, 0.6) is 0 Å². The van der Waals surface area contributed by atoms with Crippen molar-refractivity contribution in [2.45, 2.75) is 46.2 Å². The Bertz CT molecular complexity index is 564. The summed E-state index contributed by atoms with van der Waals surface area (Å²) in [5.41, 5.74) is 7.16. The Morgan fingerprint density at radius 2 is 1.84 bits per heavy atom. The van der Waals surface area contributed by atoms with Gasteiger partial charge in [-0.3, -0.25) is 4.79 Å². The molecule has 0 saturated heterocycles. The summed E-state index contributed by atoms with van der Waals surface area (Å²) in [5, 5.41) is 5.48. The van der Waals surface area contributed by atoms with Crippen molar-refractivity contribution in [1.82, 2.24) is 10.2 Å². The van der Waals surface area contributed by atoms with Crippen molar-refractivity contribution in [2.75, 3.05) is 18.9 Å². The Kier molecular flexibility index (Phi) is 10.2. The van der Waals surface area contributed by atoms with Gasteiger partial charge in [0.05, 0.1) is 0 Å². The van der Waals surface area contributed by atoms with E-state index in [9.17, 15) is 9.59 Å². The first kappa shape index (κ1) is 23.2. The van der Waals surface area contributed by atoms with Gasteiger partial charge in [-0.1, -0.05) is 19.9 Å². The Hall–Kier alpha value is -1.79. The summed E-state index contributed by atoms with van der Waals surface area (Å²) in [7, 11) is 1.76. The highest BCUT2D eigenvalue weighted by atomic mass is 35.5. The maximum Gasteiger partial charge on any atom is 0.319 e. The summed E-state index contributed by atoms with van der Waals surface area (Å²) in [4.78, 5) is 25.9. The number of nitrogens with two attached hydrogens (primary N) is 1. The van der Waals surface area contributed by atoms with Crippen LogP contribution in [0.4, 0.5) is 10.5 Å². The minimum atomic E-state index is -0.286. The molecule has 25 heavy (non-hydrogen) atoms. The fourth-order valence-electron chi connectivity index (χ4n) is 2.16. The summed E-state index contributed by atoms with van der Waals surface area (Å²) in [6, 6.07) is 6.77. The van der Waals surface area contributed by atoms with Crippen LogP contribution in [0.1, 0.15) is 44.5 Å². The number of halogens is 1. The Morgan fingerprint density at radius 3 is 2.40 bits per heavy atom. The van der Waals surface area contributed by atoms with E-state index in [4.69, 9.17) is 5.73 Å². The van der Waals surface area contributed by atoms with Crippen molar-refractivity contribution in [3.8, 4) is 0 Å². The van der Waals surface area contributed by atoms with Gasteiger partial charge in [-0.15, -0.1) is 12.4 Å². The molecule has 0 aromatic heterocycles. The van der Waals surface area contributed by atoms with Crippen LogP contribution in [0.15, 0.2) is 24.3 Å². The smallest absolute Gasteiger partial charge is 0.319 e. The number of amides is 3.